The molecule has 0 aliphatic carbocycles. The summed E-state index contributed by atoms with van der Waals surface area (Å²) in [6.45, 7) is 1.31. The van der Waals surface area contributed by atoms with Gasteiger partial charge in [0.15, 0.2) is 0 Å². The Morgan fingerprint density at radius 2 is 2.20 bits per heavy atom. The Balaban J connectivity index is 3.07. The first-order chi connectivity index (χ1) is 7.04. The number of rotatable bonds is 3. The maximum absolute atomic E-state index is 13.2. The fraction of sp³-hybridized carbons (Fsp3) is 0.273. The van der Waals surface area contributed by atoms with Crippen LogP contribution in [0.5, 0.6) is 0 Å². The van der Waals surface area contributed by atoms with Crippen LogP contribution < -0.4 is 0 Å². The summed E-state index contributed by atoms with van der Waals surface area (Å²) in [7, 11) is 0. The van der Waals surface area contributed by atoms with Gasteiger partial charge in [-0.3, -0.25) is 4.79 Å². The summed E-state index contributed by atoms with van der Waals surface area (Å²) >= 11 is 0. The number of Topliss-reactive ketones (excluding diaryl/α,β-unsaturated/α-hetero) is 1. The van der Waals surface area contributed by atoms with Gasteiger partial charge in [0.1, 0.15) is 17.4 Å². The van der Waals surface area contributed by atoms with E-state index in [1.54, 1.807) is 6.07 Å². The van der Waals surface area contributed by atoms with E-state index in [4.69, 9.17) is 5.26 Å². The number of hydrogen-bond donors (Lipinski definition) is 0. The fourth-order valence-corrected chi connectivity index (χ4v) is 1.29. The highest BCUT2D eigenvalue weighted by Crippen LogP contribution is 2.23. The van der Waals surface area contributed by atoms with E-state index in [2.05, 4.69) is 0 Å². The highest BCUT2D eigenvalue weighted by molar-refractivity contribution is 5.77. The molecule has 0 heterocycles. The van der Waals surface area contributed by atoms with Crippen molar-refractivity contribution in [3.8, 4) is 6.07 Å². The van der Waals surface area contributed by atoms with Gasteiger partial charge in [-0.05, 0) is 25.1 Å². The van der Waals surface area contributed by atoms with Crippen molar-refractivity contribution >= 4 is 5.78 Å². The molecule has 2 nitrogen and oxygen atoms in total. The molecule has 0 fully saturated rings. The van der Waals surface area contributed by atoms with Crippen LogP contribution >= 0.6 is 0 Å². The molecule has 0 aliphatic heterocycles. The molecular formula is C11H9F2NO. The van der Waals surface area contributed by atoms with Crippen molar-refractivity contribution in [3.63, 3.8) is 0 Å². The highest BCUT2D eigenvalue weighted by atomic mass is 19.1. The SMILES string of the molecule is CC(=O)CC(C#N)c1cc(F)ccc1F. The van der Waals surface area contributed by atoms with Crippen LogP contribution in [0, 0.1) is 23.0 Å². The Morgan fingerprint density at radius 1 is 1.53 bits per heavy atom. The molecule has 0 radical (unpaired) electrons. The van der Waals surface area contributed by atoms with Crippen LogP contribution in [0.2, 0.25) is 0 Å². The number of carbonyl (C=O) groups excluding carboxylic acids is 1. The van der Waals surface area contributed by atoms with Crippen molar-refractivity contribution in [2.75, 3.05) is 0 Å². The molecule has 1 aromatic carbocycles. The van der Waals surface area contributed by atoms with Crippen molar-refractivity contribution in [1.29, 1.82) is 5.26 Å². The molecule has 1 unspecified atom stereocenters. The monoisotopic (exact) mass is 209 g/mol. The van der Waals surface area contributed by atoms with Gasteiger partial charge in [-0.2, -0.15) is 5.26 Å². The van der Waals surface area contributed by atoms with Gasteiger partial charge < -0.3 is 0 Å². The van der Waals surface area contributed by atoms with Crippen LogP contribution in [0.15, 0.2) is 18.2 Å². The zero-order chi connectivity index (χ0) is 11.4. The summed E-state index contributed by atoms with van der Waals surface area (Å²) in [5.74, 6) is -2.43. The molecule has 1 aromatic rings. The normalized spacial score (nSPS) is 11.9. The number of carbonyl (C=O) groups is 1. The van der Waals surface area contributed by atoms with E-state index in [1.165, 1.54) is 6.92 Å². The average Bonchev–Trinajstić information content (AvgIpc) is 2.18. The van der Waals surface area contributed by atoms with Gasteiger partial charge in [-0.1, -0.05) is 0 Å². The summed E-state index contributed by atoms with van der Waals surface area (Å²) < 4.78 is 26.0. The van der Waals surface area contributed by atoms with Crippen LogP contribution in [0.1, 0.15) is 24.8 Å². The Kier molecular flexibility index (Phi) is 3.51. The molecule has 0 bridgehead atoms. The Bertz CT molecular complexity index is 423. The number of halogens is 2. The lowest BCUT2D eigenvalue weighted by molar-refractivity contribution is -0.117. The van der Waals surface area contributed by atoms with Gasteiger partial charge in [0.2, 0.25) is 0 Å². The summed E-state index contributed by atoms with van der Waals surface area (Å²) in [5.41, 5.74) is -0.0623. The summed E-state index contributed by atoms with van der Waals surface area (Å²) in [6.07, 6.45) is -0.100. The minimum Gasteiger partial charge on any atom is -0.300 e. The second-order valence-electron chi connectivity index (χ2n) is 3.25. The van der Waals surface area contributed by atoms with Gasteiger partial charge in [0, 0.05) is 12.0 Å². The van der Waals surface area contributed by atoms with Crippen molar-refractivity contribution in [3.05, 3.63) is 35.4 Å². The summed E-state index contributed by atoms with van der Waals surface area (Å²) in [5, 5.41) is 8.75. The first-order valence-corrected chi connectivity index (χ1v) is 4.38. The predicted octanol–water partition coefficient (Wildman–Crippen LogP) is 2.55. The maximum Gasteiger partial charge on any atom is 0.131 e. The van der Waals surface area contributed by atoms with Crippen molar-refractivity contribution < 1.29 is 13.6 Å². The molecule has 4 heteroatoms. The van der Waals surface area contributed by atoms with Crippen LogP contribution in [0.25, 0.3) is 0 Å². The number of ketones is 1. The van der Waals surface area contributed by atoms with Gasteiger partial charge in [0.25, 0.3) is 0 Å². The molecule has 1 atom stereocenters. The van der Waals surface area contributed by atoms with Crippen molar-refractivity contribution in [1.82, 2.24) is 0 Å². The molecule has 0 amide bonds. The minimum atomic E-state index is -0.918. The number of nitriles is 1. The molecule has 0 N–H and O–H groups in total. The molecule has 0 saturated heterocycles. The smallest absolute Gasteiger partial charge is 0.131 e. The Morgan fingerprint density at radius 3 is 2.73 bits per heavy atom. The van der Waals surface area contributed by atoms with E-state index in [-0.39, 0.29) is 17.8 Å². The van der Waals surface area contributed by atoms with Crippen LogP contribution in [0.3, 0.4) is 0 Å². The Labute approximate surface area is 86.1 Å². The summed E-state index contributed by atoms with van der Waals surface area (Å²) in [6, 6.07) is 4.67. The van der Waals surface area contributed by atoms with E-state index in [0.29, 0.717) is 0 Å². The maximum atomic E-state index is 13.2. The third-order valence-corrected chi connectivity index (χ3v) is 1.98. The molecule has 1 rings (SSSR count). The van der Waals surface area contributed by atoms with Crippen LogP contribution in [-0.4, -0.2) is 5.78 Å². The third kappa shape index (κ3) is 2.84. The fourth-order valence-electron chi connectivity index (χ4n) is 1.29. The lowest BCUT2D eigenvalue weighted by Crippen LogP contribution is -2.04. The van der Waals surface area contributed by atoms with Gasteiger partial charge in [-0.15, -0.1) is 0 Å². The Hall–Kier alpha value is -1.76. The van der Waals surface area contributed by atoms with E-state index in [0.717, 1.165) is 18.2 Å². The third-order valence-electron chi connectivity index (χ3n) is 1.98. The van der Waals surface area contributed by atoms with Gasteiger partial charge >= 0.3 is 0 Å². The van der Waals surface area contributed by atoms with E-state index < -0.39 is 17.6 Å². The molecule has 0 spiro atoms. The molecule has 15 heavy (non-hydrogen) atoms. The van der Waals surface area contributed by atoms with E-state index in [9.17, 15) is 13.6 Å². The molecule has 0 saturated carbocycles. The second-order valence-corrected chi connectivity index (χ2v) is 3.25. The minimum absolute atomic E-state index is 0.0623. The van der Waals surface area contributed by atoms with Gasteiger partial charge in [-0.25, -0.2) is 8.78 Å². The zero-order valence-corrected chi connectivity index (χ0v) is 8.13. The van der Waals surface area contributed by atoms with E-state index in [1.807, 2.05) is 0 Å². The molecule has 78 valence electrons. The molecule has 0 aliphatic rings. The first-order valence-electron chi connectivity index (χ1n) is 4.38. The lowest BCUT2D eigenvalue weighted by Gasteiger charge is -2.08. The average molecular weight is 209 g/mol. The molecule has 0 aromatic heterocycles. The zero-order valence-electron chi connectivity index (χ0n) is 8.13. The second kappa shape index (κ2) is 4.65. The van der Waals surface area contributed by atoms with Crippen molar-refractivity contribution in [2.45, 2.75) is 19.3 Å². The van der Waals surface area contributed by atoms with Crippen LogP contribution in [-0.2, 0) is 4.79 Å². The summed E-state index contributed by atoms with van der Waals surface area (Å²) in [4.78, 5) is 10.8. The standard InChI is InChI=1S/C11H9F2NO/c1-7(15)4-8(6-14)10-5-9(12)2-3-11(10)13/h2-3,5,8H,4H2,1H3. The lowest BCUT2D eigenvalue weighted by atomic mass is 9.95. The largest absolute Gasteiger partial charge is 0.300 e. The predicted molar refractivity (Wildman–Crippen MR) is 50.0 cm³/mol. The molecular weight excluding hydrogens is 200 g/mol. The first kappa shape index (κ1) is 11.3. The van der Waals surface area contributed by atoms with E-state index >= 15 is 0 Å². The number of hydrogen-bond acceptors (Lipinski definition) is 2. The quantitative estimate of drug-likeness (QED) is 0.767. The highest BCUT2D eigenvalue weighted by Gasteiger charge is 2.17. The van der Waals surface area contributed by atoms with Crippen LogP contribution in [0.4, 0.5) is 8.78 Å². The van der Waals surface area contributed by atoms with Gasteiger partial charge in [0.05, 0.1) is 12.0 Å². The number of nitrogens with zero attached hydrogens (tertiary/aromatic N) is 1. The topological polar surface area (TPSA) is 40.9 Å². The van der Waals surface area contributed by atoms with Crippen molar-refractivity contribution in [2.24, 2.45) is 0 Å². The number of benzene rings is 1.